The molecule has 0 aromatic carbocycles. The largest absolute Gasteiger partial charge is 0.311 e. The Labute approximate surface area is 92.8 Å². The highest BCUT2D eigenvalue weighted by atomic mass is 16.1. The van der Waals surface area contributed by atoms with Crippen LogP contribution in [0.3, 0.4) is 0 Å². The minimum absolute atomic E-state index is 0.483. The molecule has 2 aliphatic heterocycles. The van der Waals surface area contributed by atoms with Crippen LogP contribution in [0.15, 0.2) is 0 Å². The second kappa shape index (κ2) is 4.65. The van der Waals surface area contributed by atoms with Crippen molar-refractivity contribution in [1.82, 2.24) is 5.32 Å². The van der Waals surface area contributed by atoms with Gasteiger partial charge in [0.2, 0.25) is 0 Å². The maximum absolute atomic E-state index is 11.7. The fraction of sp³-hybridized carbons (Fsp3) is 0.923. The van der Waals surface area contributed by atoms with E-state index in [1.165, 1.54) is 25.7 Å². The predicted molar refractivity (Wildman–Crippen MR) is 61.7 cm³/mol. The Hall–Kier alpha value is -0.370. The molecule has 86 valence electrons. The predicted octanol–water partition coefficient (Wildman–Crippen LogP) is 2.52. The smallest absolute Gasteiger partial charge is 0.133 e. The fourth-order valence-corrected chi connectivity index (χ4v) is 3.20. The SMILES string of the molecule is CC(C)CC(=O)CC1CC2CCC(C1)N2. The van der Waals surface area contributed by atoms with E-state index >= 15 is 0 Å². The summed E-state index contributed by atoms with van der Waals surface area (Å²) in [6.45, 7) is 4.26. The van der Waals surface area contributed by atoms with Crippen LogP contribution in [0.4, 0.5) is 0 Å². The Morgan fingerprint density at radius 3 is 2.40 bits per heavy atom. The van der Waals surface area contributed by atoms with Crippen LogP contribution in [-0.2, 0) is 4.79 Å². The van der Waals surface area contributed by atoms with Crippen molar-refractivity contribution in [3.8, 4) is 0 Å². The van der Waals surface area contributed by atoms with Crippen LogP contribution in [-0.4, -0.2) is 17.9 Å². The van der Waals surface area contributed by atoms with E-state index in [0.29, 0.717) is 17.6 Å². The first-order valence-corrected chi connectivity index (χ1v) is 6.41. The lowest BCUT2D eigenvalue weighted by molar-refractivity contribution is -0.120. The summed E-state index contributed by atoms with van der Waals surface area (Å²) in [4.78, 5) is 11.7. The molecule has 0 spiro atoms. The van der Waals surface area contributed by atoms with Gasteiger partial charge in [0.1, 0.15) is 5.78 Å². The van der Waals surface area contributed by atoms with Crippen molar-refractivity contribution in [1.29, 1.82) is 0 Å². The molecule has 2 saturated heterocycles. The minimum atomic E-state index is 0.483. The third kappa shape index (κ3) is 3.04. The number of fused-ring (bicyclic) bond motifs is 2. The lowest BCUT2D eigenvalue weighted by Crippen LogP contribution is -2.38. The van der Waals surface area contributed by atoms with Gasteiger partial charge < -0.3 is 5.32 Å². The molecule has 2 heteroatoms. The van der Waals surface area contributed by atoms with E-state index in [0.717, 1.165) is 24.9 Å². The summed E-state index contributed by atoms with van der Waals surface area (Å²) in [7, 11) is 0. The van der Waals surface area contributed by atoms with E-state index in [-0.39, 0.29) is 0 Å². The zero-order chi connectivity index (χ0) is 10.8. The molecule has 2 aliphatic rings. The maximum Gasteiger partial charge on any atom is 0.133 e. The average molecular weight is 209 g/mol. The van der Waals surface area contributed by atoms with E-state index in [4.69, 9.17) is 0 Å². The average Bonchev–Trinajstić information content (AvgIpc) is 2.44. The molecule has 1 N–H and O–H groups in total. The van der Waals surface area contributed by atoms with Gasteiger partial charge in [-0.2, -0.15) is 0 Å². The van der Waals surface area contributed by atoms with Crippen LogP contribution in [0.5, 0.6) is 0 Å². The molecule has 2 fully saturated rings. The Bertz CT molecular complexity index is 225. The van der Waals surface area contributed by atoms with Gasteiger partial charge in [-0.15, -0.1) is 0 Å². The summed E-state index contributed by atoms with van der Waals surface area (Å²) in [5.74, 6) is 1.68. The van der Waals surface area contributed by atoms with Gasteiger partial charge in [0.05, 0.1) is 0 Å². The zero-order valence-electron chi connectivity index (χ0n) is 9.96. The number of ketones is 1. The van der Waals surface area contributed by atoms with Gasteiger partial charge >= 0.3 is 0 Å². The van der Waals surface area contributed by atoms with Gasteiger partial charge in [-0.25, -0.2) is 0 Å². The first-order chi connectivity index (χ1) is 7.13. The van der Waals surface area contributed by atoms with Crippen LogP contribution < -0.4 is 5.32 Å². The number of nitrogens with one attached hydrogen (secondary N) is 1. The molecule has 2 bridgehead atoms. The highest BCUT2D eigenvalue weighted by Gasteiger charge is 2.33. The number of hydrogen-bond acceptors (Lipinski definition) is 2. The number of hydrogen-bond donors (Lipinski definition) is 1. The van der Waals surface area contributed by atoms with E-state index in [9.17, 15) is 4.79 Å². The minimum Gasteiger partial charge on any atom is -0.311 e. The van der Waals surface area contributed by atoms with Crippen molar-refractivity contribution in [2.24, 2.45) is 11.8 Å². The third-order valence-electron chi connectivity index (χ3n) is 3.72. The number of Topliss-reactive ketones (excluding diaryl/α,β-unsaturated/α-hetero) is 1. The molecule has 0 radical (unpaired) electrons. The lowest BCUT2D eigenvalue weighted by Gasteiger charge is -2.28. The fourth-order valence-electron chi connectivity index (χ4n) is 3.20. The lowest BCUT2D eigenvalue weighted by atomic mass is 9.87. The Morgan fingerprint density at radius 2 is 1.87 bits per heavy atom. The van der Waals surface area contributed by atoms with Crippen LogP contribution in [0.2, 0.25) is 0 Å². The molecular weight excluding hydrogens is 186 g/mol. The topological polar surface area (TPSA) is 29.1 Å². The van der Waals surface area contributed by atoms with E-state index in [1.807, 2.05) is 0 Å². The highest BCUT2D eigenvalue weighted by molar-refractivity contribution is 5.78. The van der Waals surface area contributed by atoms with E-state index < -0.39 is 0 Å². The van der Waals surface area contributed by atoms with Gasteiger partial charge in [0.25, 0.3) is 0 Å². The molecule has 0 saturated carbocycles. The summed E-state index contributed by atoms with van der Waals surface area (Å²) in [6.07, 6.45) is 6.76. The highest BCUT2D eigenvalue weighted by Crippen LogP contribution is 2.33. The number of rotatable bonds is 4. The van der Waals surface area contributed by atoms with Crippen LogP contribution in [0.25, 0.3) is 0 Å². The second-order valence-electron chi connectivity index (χ2n) is 5.82. The molecule has 0 aliphatic carbocycles. The van der Waals surface area contributed by atoms with Crippen molar-refractivity contribution >= 4 is 5.78 Å². The Morgan fingerprint density at radius 1 is 1.27 bits per heavy atom. The van der Waals surface area contributed by atoms with E-state index in [1.54, 1.807) is 0 Å². The summed E-state index contributed by atoms with van der Waals surface area (Å²) < 4.78 is 0. The van der Waals surface area contributed by atoms with Gasteiger partial charge in [-0.05, 0) is 37.5 Å². The number of carbonyl (C=O) groups is 1. The quantitative estimate of drug-likeness (QED) is 0.771. The number of carbonyl (C=O) groups excluding carboxylic acids is 1. The summed E-state index contributed by atoms with van der Waals surface area (Å²) in [5, 5.41) is 3.62. The first-order valence-electron chi connectivity index (χ1n) is 6.41. The van der Waals surface area contributed by atoms with Crippen LogP contribution >= 0.6 is 0 Å². The van der Waals surface area contributed by atoms with Gasteiger partial charge in [-0.3, -0.25) is 4.79 Å². The van der Waals surface area contributed by atoms with Gasteiger partial charge in [0, 0.05) is 24.9 Å². The van der Waals surface area contributed by atoms with Crippen molar-refractivity contribution in [3.05, 3.63) is 0 Å². The van der Waals surface area contributed by atoms with Crippen molar-refractivity contribution < 1.29 is 4.79 Å². The van der Waals surface area contributed by atoms with Crippen molar-refractivity contribution in [2.45, 2.75) is 64.5 Å². The van der Waals surface area contributed by atoms with Gasteiger partial charge in [0.15, 0.2) is 0 Å². The summed E-state index contributed by atoms with van der Waals surface area (Å²) in [5.41, 5.74) is 0. The third-order valence-corrected chi connectivity index (χ3v) is 3.72. The van der Waals surface area contributed by atoms with Gasteiger partial charge in [-0.1, -0.05) is 13.8 Å². The Kier molecular flexibility index (Phi) is 3.45. The molecule has 2 rings (SSSR count). The summed E-state index contributed by atoms with van der Waals surface area (Å²) >= 11 is 0. The maximum atomic E-state index is 11.7. The van der Waals surface area contributed by atoms with E-state index in [2.05, 4.69) is 19.2 Å². The molecular formula is C13H23NO. The molecule has 2 heterocycles. The number of piperidine rings is 1. The molecule has 15 heavy (non-hydrogen) atoms. The molecule has 2 nitrogen and oxygen atoms in total. The second-order valence-corrected chi connectivity index (χ2v) is 5.82. The molecule has 0 amide bonds. The molecule has 0 aromatic heterocycles. The normalized spacial score (nSPS) is 34.7. The summed E-state index contributed by atoms with van der Waals surface area (Å²) in [6, 6.07) is 1.45. The zero-order valence-corrected chi connectivity index (χ0v) is 9.96. The van der Waals surface area contributed by atoms with Crippen LogP contribution in [0, 0.1) is 11.8 Å². The monoisotopic (exact) mass is 209 g/mol. The Balaban J connectivity index is 1.78. The molecule has 2 unspecified atom stereocenters. The molecule has 0 aromatic rings. The van der Waals surface area contributed by atoms with Crippen molar-refractivity contribution in [2.75, 3.05) is 0 Å². The standard InChI is InChI=1S/C13H23NO/c1-9(2)5-13(15)8-10-6-11-3-4-12(7-10)14-11/h9-12,14H,3-8H2,1-2H3. The van der Waals surface area contributed by atoms with Crippen molar-refractivity contribution in [3.63, 3.8) is 0 Å². The first kappa shape index (κ1) is 11.1. The molecule has 2 atom stereocenters. The van der Waals surface area contributed by atoms with Crippen LogP contribution in [0.1, 0.15) is 52.4 Å².